The van der Waals surface area contributed by atoms with E-state index in [1.54, 1.807) is 0 Å². The second-order valence-electron chi connectivity index (χ2n) is 3.42. The Bertz CT molecular complexity index is 125. The lowest BCUT2D eigenvalue weighted by Gasteiger charge is -2.23. The van der Waals surface area contributed by atoms with Crippen molar-refractivity contribution >= 4 is 0 Å². The third-order valence-corrected chi connectivity index (χ3v) is 2.09. The number of aliphatic hydroxyl groups is 1. The molecule has 1 atom stereocenters. The van der Waals surface area contributed by atoms with Gasteiger partial charge in [0.15, 0.2) is 0 Å². The van der Waals surface area contributed by atoms with Crippen molar-refractivity contribution in [1.82, 2.24) is 5.06 Å². The zero-order valence-corrected chi connectivity index (χ0v) is 6.79. The Balaban J connectivity index is 2.53. The van der Waals surface area contributed by atoms with Gasteiger partial charge in [0.05, 0.1) is 6.61 Å². The van der Waals surface area contributed by atoms with Gasteiger partial charge in [-0.25, -0.2) is 0 Å². The highest BCUT2D eigenvalue weighted by molar-refractivity contribution is 4.84. The fourth-order valence-electron chi connectivity index (χ4n) is 1.19. The first-order valence-corrected chi connectivity index (χ1v) is 3.58. The molecule has 1 rings (SSSR count). The molecule has 1 saturated heterocycles. The molecule has 10 heavy (non-hydrogen) atoms. The van der Waals surface area contributed by atoms with Crippen molar-refractivity contribution in [1.29, 1.82) is 0 Å². The maximum Gasteiger partial charge on any atom is 0.104 e. The number of hydrogen-bond donors (Lipinski definition) is 1. The van der Waals surface area contributed by atoms with Crippen LogP contribution < -0.4 is 0 Å². The Morgan fingerprint density at radius 3 is 2.50 bits per heavy atom. The van der Waals surface area contributed by atoms with E-state index in [0.29, 0.717) is 0 Å². The summed E-state index contributed by atoms with van der Waals surface area (Å²) in [6, 6.07) is 0. The Morgan fingerprint density at radius 2 is 2.30 bits per heavy atom. The average molecular weight is 145 g/mol. The summed E-state index contributed by atoms with van der Waals surface area (Å²) >= 11 is 0. The first-order valence-electron chi connectivity index (χ1n) is 3.58. The fraction of sp³-hybridized carbons (Fsp3) is 1.00. The SMILES string of the molecule is CN1OC(CO)CC1(C)C. The lowest BCUT2D eigenvalue weighted by molar-refractivity contribution is -0.168. The molecule has 0 amide bonds. The molecule has 1 aliphatic rings. The predicted octanol–water partition coefficient (Wildman–Crippen LogP) is 0.393. The zero-order chi connectivity index (χ0) is 7.78. The summed E-state index contributed by atoms with van der Waals surface area (Å²) in [5.41, 5.74) is 0.0768. The first-order chi connectivity index (χ1) is 4.56. The highest BCUT2D eigenvalue weighted by atomic mass is 16.7. The summed E-state index contributed by atoms with van der Waals surface area (Å²) in [6.45, 7) is 4.32. The summed E-state index contributed by atoms with van der Waals surface area (Å²) in [5, 5.41) is 10.6. The minimum absolute atomic E-state index is 0.000000000000000444. The van der Waals surface area contributed by atoms with Crippen molar-refractivity contribution in [2.75, 3.05) is 13.7 Å². The molecular formula is C7H15NO2. The number of hydroxylamine groups is 2. The van der Waals surface area contributed by atoms with Gasteiger partial charge in [0.2, 0.25) is 0 Å². The molecular weight excluding hydrogens is 130 g/mol. The first kappa shape index (κ1) is 7.98. The van der Waals surface area contributed by atoms with Gasteiger partial charge in [0.1, 0.15) is 6.10 Å². The highest BCUT2D eigenvalue weighted by Gasteiger charge is 2.36. The van der Waals surface area contributed by atoms with Crippen LogP contribution >= 0.6 is 0 Å². The number of aliphatic hydroxyl groups excluding tert-OH is 1. The van der Waals surface area contributed by atoms with Gasteiger partial charge in [-0.05, 0) is 20.3 Å². The maximum atomic E-state index is 8.76. The summed E-state index contributed by atoms with van der Waals surface area (Å²) in [6.07, 6.45) is 0.903. The molecule has 0 aliphatic carbocycles. The van der Waals surface area contributed by atoms with Crippen molar-refractivity contribution in [2.45, 2.75) is 31.9 Å². The maximum absolute atomic E-state index is 8.76. The van der Waals surface area contributed by atoms with Crippen LogP contribution in [0.1, 0.15) is 20.3 Å². The van der Waals surface area contributed by atoms with Gasteiger partial charge in [0.25, 0.3) is 0 Å². The van der Waals surface area contributed by atoms with E-state index in [0.717, 1.165) is 6.42 Å². The predicted molar refractivity (Wildman–Crippen MR) is 38.4 cm³/mol. The van der Waals surface area contributed by atoms with Gasteiger partial charge in [0, 0.05) is 12.6 Å². The van der Waals surface area contributed by atoms with E-state index in [1.807, 2.05) is 12.1 Å². The minimum atomic E-state index is -0.000000000000000444. The van der Waals surface area contributed by atoms with E-state index in [2.05, 4.69) is 13.8 Å². The molecule has 0 aromatic heterocycles. The topological polar surface area (TPSA) is 32.7 Å². The van der Waals surface area contributed by atoms with Gasteiger partial charge in [-0.3, -0.25) is 4.84 Å². The normalized spacial score (nSPS) is 33.0. The quantitative estimate of drug-likeness (QED) is 0.579. The van der Waals surface area contributed by atoms with Crippen molar-refractivity contribution in [3.63, 3.8) is 0 Å². The van der Waals surface area contributed by atoms with Crippen LogP contribution in [-0.4, -0.2) is 35.5 Å². The Morgan fingerprint density at radius 1 is 1.70 bits per heavy atom. The molecule has 1 N–H and O–H groups in total. The van der Waals surface area contributed by atoms with Gasteiger partial charge in [-0.1, -0.05) is 0 Å². The van der Waals surface area contributed by atoms with E-state index in [1.165, 1.54) is 0 Å². The Hall–Kier alpha value is -0.120. The molecule has 1 unspecified atom stereocenters. The number of rotatable bonds is 1. The molecule has 0 radical (unpaired) electrons. The monoisotopic (exact) mass is 145 g/mol. The minimum Gasteiger partial charge on any atom is -0.394 e. The van der Waals surface area contributed by atoms with Crippen LogP contribution in [0.15, 0.2) is 0 Å². The van der Waals surface area contributed by atoms with Crippen LogP contribution in [0.4, 0.5) is 0 Å². The molecule has 0 bridgehead atoms. The molecule has 1 aliphatic heterocycles. The second kappa shape index (κ2) is 2.49. The lowest BCUT2D eigenvalue weighted by Crippen LogP contribution is -2.33. The molecule has 0 aromatic rings. The van der Waals surface area contributed by atoms with E-state index in [4.69, 9.17) is 9.94 Å². The summed E-state index contributed by atoms with van der Waals surface area (Å²) in [4.78, 5) is 5.31. The summed E-state index contributed by atoms with van der Waals surface area (Å²) < 4.78 is 0. The molecule has 0 spiro atoms. The van der Waals surface area contributed by atoms with E-state index >= 15 is 0 Å². The molecule has 0 saturated carbocycles. The number of hydrogen-bond acceptors (Lipinski definition) is 3. The van der Waals surface area contributed by atoms with Crippen LogP contribution in [0.25, 0.3) is 0 Å². The average Bonchev–Trinajstić information content (AvgIpc) is 2.08. The van der Waals surface area contributed by atoms with Gasteiger partial charge < -0.3 is 5.11 Å². The third kappa shape index (κ3) is 1.31. The molecule has 3 heteroatoms. The van der Waals surface area contributed by atoms with Crippen molar-refractivity contribution in [3.05, 3.63) is 0 Å². The summed E-state index contributed by atoms with van der Waals surface area (Å²) in [7, 11) is 1.90. The lowest BCUT2D eigenvalue weighted by atomic mass is 9.99. The molecule has 1 fully saturated rings. The van der Waals surface area contributed by atoms with Crippen molar-refractivity contribution in [2.24, 2.45) is 0 Å². The third-order valence-electron chi connectivity index (χ3n) is 2.09. The van der Waals surface area contributed by atoms with Crippen LogP contribution in [0, 0.1) is 0 Å². The van der Waals surface area contributed by atoms with Crippen molar-refractivity contribution in [3.8, 4) is 0 Å². The Kier molecular flexibility index (Phi) is 1.99. The zero-order valence-electron chi connectivity index (χ0n) is 6.79. The molecule has 0 aromatic carbocycles. The van der Waals surface area contributed by atoms with Gasteiger partial charge in [-0.15, -0.1) is 0 Å². The standard InChI is InChI=1S/C7H15NO2/c1-7(2)4-6(5-9)10-8(7)3/h6,9H,4-5H2,1-3H3. The van der Waals surface area contributed by atoms with Crippen LogP contribution in [0.5, 0.6) is 0 Å². The Labute approximate surface area is 61.5 Å². The van der Waals surface area contributed by atoms with E-state index < -0.39 is 0 Å². The van der Waals surface area contributed by atoms with Crippen LogP contribution in [-0.2, 0) is 4.84 Å². The second-order valence-corrected chi connectivity index (χ2v) is 3.42. The fourth-order valence-corrected chi connectivity index (χ4v) is 1.19. The van der Waals surface area contributed by atoms with E-state index in [-0.39, 0.29) is 18.2 Å². The molecule has 1 heterocycles. The number of nitrogens with zero attached hydrogens (tertiary/aromatic N) is 1. The molecule has 60 valence electrons. The van der Waals surface area contributed by atoms with Crippen LogP contribution in [0.2, 0.25) is 0 Å². The van der Waals surface area contributed by atoms with Crippen LogP contribution in [0.3, 0.4) is 0 Å². The highest BCUT2D eigenvalue weighted by Crippen LogP contribution is 2.28. The largest absolute Gasteiger partial charge is 0.394 e. The smallest absolute Gasteiger partial charge is 0.104 e. The molecule has 3 nitrogen and oxygen atoms in total. The van der Waals surface area contributed by atoms with E-state index in [9.17, 15) is 0 Å². The summed E-state index contributed by atoms with van der Waals surface area (Å²) in [5.74, 6) is 0. The van der Waals surface area contributed by atoms with Gasteiger partial charge in [-0.2, -0.15) is 5.06 Å². The van der Waals surface area contributed by atoms with Crippen molar-refractivity contribution < 1.29 is 9.94 Å². The van der Waals surface area contributed by atoms with Gasteiger partial charge >= 0.3 is 0 Å².